The molecule has 0 atom stereocenters. The van der Waals surface area contributed by atoms with Crippen molar-refractivity contribution in [3.63, 3.8) is 0 Å². The van der Waals surface area contributed by atoms with Crippen LogP contribution in [0.5, 0.6) is 5.75 Å². The monoisotopic (exact) mass is 416 g/mol. The van der Waals surface area contributed by atoms with Gasteiger partial charge in [0.25, 0.3) is 5.91 Å². The van der Waals surface area contributed by atoms with Crippen LogP contribution in [0.15, 0.2) is 53.1 Å². The Morgan fingerprint density at radius 2 is 1.93 bits per heavy atom. The van der Waals surface area contributed by atoms with Gasteiger partial charge in [0.05, 0.1) is 25.6 Å². The number of methoxy groups -OCH3 is 1. The number of carbonyl (C=O) groups is 1. The highest BCUT2D eigenvalue weighted by Crippen LogP contribution is 2.21. The Hall–Kier alpha value is -3.40. The first-order valence-electron chi connectivity index (χ1n) is 8.57. The number of hydrogen-bond donors (Lipinski definition) is 1. The highest BCUT2D eigenvalue weighted by molar-refractivity contribution is 7.92. The zero-order valence-corrected chi connectivity index (χ0v) is 16.9. The minimum atomic E-state index is -3.36. The van der Waals surface area contributed by atoms with Crippen LogP contribution in [0.3, 0.4) is 0 Å². The topological polar surface area (TPSA) is 115 Å². The molecule has 1 amide bonds. The zero-order valence-electron chi connectivity index (χ0n) is 16.1. The van der Waals surface area contributed by atoms with Gasteiger partial charge in [-0.05, 0) is 36.4 Å². The largest absolute Gasteiger partial charge is 0.497 e. The predicted molar refractivity (Wildman–Crippen MR) is 107 cm³/mol. The summed E-state index contributed by atoms with van der Waals surface area (Å²) in [6.45, 7) is 0.0563. The highest BCUT2D eigenvalue weighted by Gasteiger charge is 2.14. The fraction of sp³-hybridized carbons (Fsp3) is 0.211. The Labute approximate surface area is 168 Å². The molecule has 9 nitrogen and oxygen atoms in total. The van der Waals surface area contributed by atoms with Gasteiger partial charge in [-0.1, -0.05) is 17.3 Å². The van der Waals surface area contributed by atoms with E-state index in [0.717, 1.165) is 16.1 Å². The van der Waals surface area contributed by atoms with Crippen molar-refractivity contribution < 1.29 is 22.5 Å². The molecular weight excluding hydrogens is 396 g/mol. The molecule has 0 aliphatic carbocycles. The first kappa shape index (κ1) is 20.3. The van der Waals surface area contributed by atoms with Crippen LogP contribution >= 0.6 is 0 Å². The van der Waals surface area contributed by atoms with E-state index in [4.69, 9.17) is 9.26 Å². The Balaban J connectivity index is 1.63. The molecule has 0 saturated heterocycles. The third-order valence-electron chi connectivity index (χ3n) is 4.19. The van der Waals surface area contributed by atoms with Crippen molar-refractivity contribution >= 4 is 21.6 Å². The molecule has 0 aliphatic rings. The number of nitrogens with zero attached hydrogens (tertiary/aromatic N) is 3. The second-order valence-corrected chi connectivity index (χ2v) is 8.22. The lowest BCUT2D eigenvalue weighted by Crippen LogP contribution is -2.25. The van der Waals surface area contributed by atoms with Crippen LogP contribution in [0.2, 0.25) is 0 Å². The average Bonchev–Trinajstić information content (AvgIpc) is 3.20. The molecule has 0 bridgehead atoms. The number of anilines is 1. The fourth-order valence-corrected chi connectivity index (χ4v) is 2.98. The van der Waals surface area contributed by atoms with Gasteiger partial charge < -0.3 is 14.6 Å². The van der Waals surface area contributed by atoms with Crippen LogP contribution < -0.4 is 14.4 Å². The van der Waals surface area contributed by atoms with Gasteiger partial charge in [0.15, 0.2) is 0 Å². The van der Waals surface area contributed by atoms with Crippen molar-refractivity contribution in [1.29, 1.82) is 0 Å². The summed E-state index contributed by atoms with van der Waals surface area (Å²) in [6.07, 6.45) is 1.11. The van der Waals surface area contributed by atoms with Crippen LogP contribution in [-0.2, 0) is 16.6 Å². The summed E-state index contributed by atoms with van der Waals surface area (Å²) in [5, 5.41) is 6.60. The lowest BCUT2D eigenvalue weighted by Gasteiger charge is -2.16. The number of hydrogen-bond acceptors (Lipinski definition) is 7. The number of benzene rings is 2. The summed E-state index contributed by atoms with van der Waals surface area (Å²) in [5.41, 5.74) is 1.57. The van der Waals surface area contributed by atoms with Gasteiger partial charge in [-0.2, -0.15) is 4.98 Å². The lowest BCUT2D eigenvalue weighted by molar-refractivity contribution is 0.0946. The Morgan fingerprint density at radius 1 is 1.21 bits per heavy atom. The molecule has 10 heteroatoms. The van der Waals surface area contributed by atoms with E-state index in [0.29, 0.717) is 22.8 Å². The van der Waals surface area contributed by atoms with Crippen LogP contribution in [0.1, 0.15) is 16.2 Å². The van der Waals surface area contributed by atoms with Gasteiger partial charge in [-0.3, -0.25) is 9.10 Å². The van der Waals surface area contributed by atoms with E-state index in [1.54, 1.807) is 37.4 Å². The molecule has 0 fully saturated rings. The van der Waals surface area contributed by atoms with Crippen molar-refractivity contribution in [3.05, 3.63) is 60.0 Å². The van der Waals surface area contributed by atoms with E-state index in [2.05, 4.69) is 15.5 Å². The van der Waals surface area contributed by atoms with Crippen molar-refractivity contribution in [2.75, 3.05) is 24.7 Å². The van der Waals surface area contributed by atoms with Crippen LogP contribution in [0, 0.1) is 0 Å². The number of rotatable bonds is 7. The van der Waals surface area contributed by atoms with Crippen molar-refractivity contribution in [1.82, 2.24) is 15.5 Å². The van der Waals surface area contributed by atoms with Gasteiger partial charge in [0, 0.05) is 18.2 Å². The standard InChI is InChI=1S/C19H20N4O5S/c1-23(29(3,25)26)15-9-7-13(8-10-15)19(24)20-12-17-21-18(22-28-17)14-5-4-6-16(11-14)27-2/h4-11H,12H2,1-3H3,(H,20,24). The molecule has 0 aliphatic heterocycles. The molecule has 3 rings (SSSR count). The van der Waals surface area contributed by atoms with E-state index in [1.165, 1.54) is 7.05 Å². The second kappa shape index (κ2) is 8.31. The van der Waals surface area contributed by atoms with Crippen molar-refractivity contribution in [2.45, 2.75) is 6.54 Å². The fourth-order valence-electron chi connectivity index (χ4n) is 2.48. The summed E-state index contributed by atoms with van der Waals surface area (Å²) < 4.78 is 34.6. The lowest BCUT2D eigenvalue weighted by atomic mass is 10.2. The van der Waals surface area contributed by atoms with Crippen LogP contribution in [0.4, 0.5) is 5.69 Å². The molecule has 0 saturated carbocycles. The molecule has 29 heavy (non-hydrogen) atoms. The van der Waals surface area contributed by atoms with Crippen LogP contribution in [-0.4, -0.2) is 44.9 Å². The van der Waals surface area contributed by atoms with E-state index in [-0.39, 0.29) is 18.3 Å². The van der Waals surface area contributed by atoms with Gasteiger partial charge in [0.2, 0.25) is 21.7 Å². The first-order valence-corrected chi connectivity index (χ1v) is 10.4. The summed E-state index contributed by atoms with van der Waals surface area (Å²) in [6, 6.07) is 13.4. The highest BCUT2D eigenvalue weighted by atomic mass is 32.2. The first-order chi connectivity index (χ1) is 13.8. The maximum Gasteiger partial charge on any atom is 0.251 e. The molecule has 152 valence electrons. The smallest absolute Gasteiger partial charge is 0.251 e. The van der Waals surface area contributed by atoms with Crippen molar-refractivity contribution in [3.8, 4) is 17.1 Å². The number of carbonyl (C=O) groups excluding carboxylic acids is 1. The Morgan fingerprint density at radius 3 is 2.59 bits per heavy atom. The average molecular weight is 416 g/mol. The molecular formula is C19H20N4O5S. The molecule has 1 N–H and O–H groups in total. The van der Waals surface area contributed by atoms with E-state index in [1.807, 2.05) is 18.2 Å². The van der Waals surface area contributed by atoms with Gasteiger partial charge in [-0.15, -0.1) is 0 Å². The van der Waals surface area contributed by atoms with Crippen LogP contribution in [0.25, 0.3) is 11.4 Å². The molecule has 0 spiro atoms. The number of amides is 1. The molecule has 0 unspecified atom stereocenters. The van der Waals surface area contributed by atoms with E-state index in [9.17, 15) is 13.2 Å². The van der Waals surface area contributed by atoms with Crippen molar-refractivity contribution in [2.24, 2.45) is 0 Å². The third kappa shape index (κ3) is 4.91. The minimum absolute atomic E-state index is 0.0563. The number of nitrogens with one attached hydrogen (secondary N) is 1. The second-order valence-electron chi connectivity index (χ2n) is 6.20. The Kier molecular flexibility index (Phi) is 5.83. The summed E-state index contributed by atoms with van der Waals surface area (Å²) in [7, 11) is -0.347. The van der Waals surface area contributed by atoms with E-state index < -0.39 is 10.0 Å². The molecule has 3 aromatic rings. The Bertz CT molecular complexity index is 1110. The van der Waals surface area contributed by atoms with E-state index >= 15 is 0 Å². The summed E-state index contributed by atoms with van der Waals surface area (Å²) in [4.78, 5) is 16.6. The maximum atomic E-state index is 12.3. The quantitative estimate of drug-likeness (QED) is 0.627. The minimum Gasteiger partial charge on any atom is -0.497 e. The summed E-state index contributed by atoms with van der Waals surface area (Å²) >= 11 is 0. The number of ether oxygens (including phenoxy) is 1. The third-order valence-corrected chi connectivity index (χ3v) is 5.39. The zero-order chi connectivity index (χ0) is 21.0. The molecule has 1 heterocycles. The maximum absolute atomic E-state index is 12.3. The molecule has 1 aromatic heterocycles. The number of sulfonamides is 1. The SMILES string of the molecule is COc1cccc(-c2noc(CNC(=O)c3ccc(N(C)S(C)(=O)=O)cc3)n2)c1. The normalized spacial score (nSPS) is 11.1. The van der Waals surface area contributed by atoms with Gasteiger partial charge in [0.1, 0.15) is 5.75 Å². The van der Waals surface area contributed by atoms with Gasteiger partial charge in [-0.25, -0.2) is 8.42 Å². The number of aromatic nitrogens is 2. The molecule has 2 aromatic carbocycles. The molecule has 0 radical (unpaired) electrons. The predicted octanol–water partition coefficient (Wildman–Crippen LogP) is 2.07. The summed E-state index contributed by atoms with van der Waals surface area (Å²) in [5.74, 6) is 0.970. The van der Waals surface area contributed by atoms with Gasteiger partial charge >= 0.3 is 0 Å².